The minimum absolute atomic E-state index is 0.00234. The third-order valence-electron chi connectivity index (χ3n) is 3.43. The van der Waals surface area contributed by atoms with E-state index in [4.69, 9.17) is 22.1 Å². The summed E-state index contributed by atoms with van der Waals surface area (Å²) in [5.41, 5.74) is 5.23. The first-order valence-electron chi connectivity index (χ1n) is 7.45. The minimum atomic E-state index is -1.05. The number of halogens is 1. The van der Waals surface area contributed by atoms with Crippen molar-refractivity contribution in [1.82, 2.24) is 14.9 Å². The SMILES string of the molecule is CC(C)(C)OC(=O)N1C[C@@H](O)C(Nc2ncnc(Cl)c2N)[C@@H](O)C1. The van der Waals surface area contributed by atoms with Gasteiger partial charge in [-0.15, -0.1) is 0 Å². The van der Waals surface area contributed by atoms with Crippen molar-refractivity contribution in [3.63, 3.8) is 0 Å². The fourth-order valence-corrected chi connectivity index (χ4v) is 2.46. The Kier molecular flexibility index (Phi) is 5.36. The van der Waals surface area contributed by atoms with Crippen molar-refractivity contribution in [3.05, 3.63) is 11.5 Å². The van der Waals surface area contributed by atoms with Gasteiger partial charge in [0.2, 0.25) is 0 Å². The van der Waals surface area contributed by atoms with Crippen LogP contribution in [0.4, 0.5) is 16.3 Å². The third kappa shape index (κ3) is 4.37. The van der Waals surface area contributed by atoms with E-state index in [2.05, 4.69) is 15.3 Å². The number of nitrogen functional groups attached to an aromatic ring is 1. The number of hydrogen-bond donors (Lipinski definition) is 4. The summed E-state index contributed by atoms with van der Waals surface area (Å²) in [6, 6.07) is -0.767. The molecule has 2 heterocycles. The quantitative estimate of drug-likeness (QED) is 0.560. The number of piperidine rings is 1. The van der Waals surface area contributed by atoms with E-state index in [-0.39, 0.29) is 29.7 Å². The molecule has 1 aromatic rings. The van der Waals surface area contributed by atoms with Crippen molar-refractivity contribution in [1.29, 1.82) is 0 Å². The maximum atomic E-state index is 12.1. The number of aliphatic hydroxyl groups is 2. The molecule has 2 rings (SSSR count). The van der Waals surface area contributed by atoms with Crippen molar-refractivity contribution in [2.75, 3.05) is 24.1 Å². The van der Waals surface area contributed by atoms with Gasteiger partial charge in [-0.2, -0.15) is 0 Å². The summed E-state index contributed by atoms with van der Waals surface area (Å²) in [7, 11) is 0. The molecule has 24 heavy (non-hydrogen) atoms. The maximum Gasteiger partial charge on any atom is 0.410 e. The molecule has 1 fully saturated rings. The van der Waals surface area contributed by atoms with Crippen LogP contribution >= 0.6 is 11.6 Å². The second kappa shape index (κ2) is 6.96. The van der Waals surface area contributed by atoms with Gasteiger partial charge in [-0.3, -0.25) is 0 Å². The number of hydrogen-bond acceptors (Lipinski definition) is 8. The molecule has 3 atom stereocenters. The highest BCUT2D eigenvalue weighted by atomic mass is 35.5. The van der Waals surface area contributed by atoms with Gasteiger partial charge in [0.05, 0.1) is 31.3 Å². The summed E-state index contributed by atoms with van der Waals surface area (Å²) in [5, 5.41) is 23.5. The van der Waals surface area contributed by atoms with Crippen molar-refractivity contribution in [3.8, 4) is 0 Å². The van der Waals surface area contributed by atoms with Crippen molar-refractivity contribution in [2.24, 2.45) is 0 Å². The molecule has 1 saturated heterocycles. The number of β-amino-alcohol motifs (C(OH)–C–C–N with tert-alkyl or cyclic N) is 2. The molecule has 1 aliphatic heterocycles. The fraction of sp³-hybridized carbons (Fsp3) is 0.643. The lowest BCUT2D eigenvalue weighted by Crippen LogP contribution is -2.60. The van der Waals surface area contributed by atoms with E-state index in [1.54, 1.807) is 20.8 Å². The summed E-state index contributed by atoms with van der Waals surface area (Å²) in [5.74, 6) is 0.212. The second-order valence-corrected chi connectivity index (χ2v) is 6.97. The van der Waals surface area contributed by atoms with Crippen molar-refractivity contribution >= 4 is 29.2 Å². The summed E-state index contributed by atoms with van der Waals surface area (Å²) in [6.07, 6.45) is -1.47. The molecule has 0 saturated carbocycles. The number of likely N-dealkylation sites (tertiary alicyclic amines) is 1. The number of nitrogens with zero attached hydrogens (tertiary/aromatic N) is 3. The zero-order chi connectivity index (χ0) is 18.1. The Labute approximate surface area is 144 Å². The van der Waals surface area contributed by atoms with Crippen LogP contribution in [0.5, 0.6) is 0 Å². The number of nitrogens with one attached hydrogen (secondary N) is 1. The Morgan fingerprint density at radius 2 is 1.96 bits per heavy atom. The van der Waals surface area contributed by atoms with E-state index < -0.39 is 29.9 Å². The van der Waals surface area contributed by atoms with Crippen LogP contribution in [0.15, 0.2) is 6.33 Å². The first kappa shape index (κ1) is 18.5. The number of nitrogens with two attached hydrogens (primary N) is 1. The Balaban J connectivity index is 2.06. The Morgan fingerprint density at radius 3 is 2.50 bits per heavy atom. The Morgan fingerprint density at radius 1 is 1.38 bits per heavy atom. The van der Waals surface area contributed by atoms with Gasteiger partial charge in [-0.25, -0.2) is 14.8 Å². The minimum Gasteiger partial charge on any atom is -0.444 e. The van der Waals surface area contributed by atoms with E-state index in [1.165, 1.54) is 11.2 Å². The molecule has 1 aliphatic rings. The molecule has 1 unspecified atom stereocenters. The average molecular weight is 360 g/mol. The largest absolute Gasteiger partial charge is 0.444 e. The van der Waals surface area contributed by atoms with Gasteiger partial charge in [-0.05, 0) is 20.8 Å². The average Bonchev–Trinajstić information content (AvgIpc) is 2.45. The molecule has 5 N–H and O–H groups in total. The first-order chi connectivity index (χ1) is 11.1. The molecular weight excluding hydrogens is 338 g/mol. The van der Waals surface area contributed by atoms with Crippen LogP contribution < -0.4 is 11.1 Å². The molecule has 1 aromatic heterocycles. The monoisotopic (exact) mass is 359 g/mol. The van der Waals surface area contributed by atoms with Crippen LogP contribution in [0, 0.1) is 0 Å². The zero-order valence-corrected chi connectivity index (χ0v) is 14.5. The van der Waals surface area contributed by atoms with Gasteiger partial charge in [0.15, 0.2) is 11.0 Å². The smallest absolute Gasteiger partial charge is 0.410 e. The highest BCUT2D eigenvalue weighted by Crippen LogP contribution is 2.25. The summed E-state index contributed by atoms with van der Waals surface area (Å²) in [4.78, 5) is 21.0. The van der Waals surface area contributed by atoms with Gasteiger partial charge in [0, 0.05) is 0 Å². The summed E-state index contributed by atoms with van der Waals surface area (Å²) in [6.45, 7) is 5.24. The predicted molar refractivity (Wildman–Crippen MR) is 88.7 cm³/mol. The van der Waals surface area contributed by atoms with Gasteiger partial charge in [-0.1, -0.05) is 11.6 Å². The number of rotatable bonds is 2. The predicted octanol–water partition coefficient (Wildman–Crippen LogP) is 0.465. The molecule has 1 amide bonds. The molecule has 0 aliphatic carbocycles. The highest BCUT2D eigenvalue weighted by Gasteiger charge is 2.38. The number of aliphatic hydroxyl groups excluding tert-OH is 2. The molecule has 0 radical (unpaired) electrons. The standard InChI is InChI=1S/C14H22ClN5O4/c1-14(2,3)24-13(23)20-4-7(21)10(8(22)5-20)19-12-9(16)11(15)17-6-18-12/h6-8,10,21-22H,4-5,16H2,1-3H3,(H,17,18,19)/t7-,8+,10?. The third-order valence-corrected chi connectivity index (χ3v) is 3.74. The molecule has 0 aromatic carbocycles. The van der Waals surface area contributed by atoms with Crippen LogP contribution in [0.3, 0.4) is 0 Å². The van der Waals surface area contributed by atoms with E-state index >= 15 is 0 Å². The Hall–Kier alpha value is -1.84. The highest BCUT2D eigenvalue weighted by molar-refractivity contribution is 6.32. The second-order valence-electron chi connectivity index (χ2n) is 6.62. The number of carbonyl (C=O) groups excluding carboxylic acids is 1. The van der Waals surface area contributed by atoms with Crippen LogP contribution in [-0.4, -0.2) is 68.1 Å². The van der Waals surface area contributed by atoms with Gasteiger partial charge in [0.25, 0.3) is 0 Å². The van der Waals surface area contributed by atoms with E-state index in [1.807, 2.05) is 0 Å². The van der Waals surface area contributed by atoms with Gasteiger partial charge >= 0.3 is 6.09 Å². The Bertz CT molecular complexity index is 597. The molecule has 0 bridgehead atoms. The number of amides is 1. The molecule has 134 valence electrons. The molecule has 0 spiro atoms. The first-order valence-corrected chi connectivity index (χ1v) is 7.83. The number of carbonyl (C=O) groups is 1. The molecule has 9 nitrogen and oxygen atoms in total. The normalized spacial score (nSPS) is 24.6. The lowest BCUT2D eigenvalue weighted by molar-refractivity contribution is -0.0363. The summed E-state index contributed by atoms with van der Waals surface area (Å²) >= 11 is 5.82. The van der Waals surface area contributed by atoms with E-state index in [0.717, 1.165) is 0 Å². The molecule has 10 heteroatoms. The van der Waals surface area contributed by atoms with E-state index in [9.17, 15) is 15.0 Å². The van der Waals surface area contributed by atoms with Gasteiger partial charge < -0.3 is 30.9 Å². The summed E-state index contributed by atoms with van der Waals surface area (Å²) < 4.78 is 5.25. The van der Waals surface area contributed by atoms with Crippen molar-refractivity contribution < 1.29 is 19.7 Å². The topological polar surface area (TPSA) is 134 Å². The van der Waals surface area contributed by atoms with Gasteiger partial charge in [0.1, 0.15) is 17.6 Å². The lowest BCUT2D eigenvalue weighted by atomic mass is 9.99. The van der Waals surface area contributed by atoms with Crippen LogP contribution in [0.2, 0.25) is 5.15 Å². The maximum absolute atomic E-state index is 12.1. The number of aromatic nitrogens is 2. The molecular formula is C14H22ClN5O4. The van der Waals surface area contributed by atoms with Crippen LogP contribution in [-0.2, 0) is 4.74 Å². The zero-order valence-electron chi connectivity index (χ0n) is 13.7. The number of ether oxygens (including phenoxy) is 1. The van der Waals surface area contributed by atoms with Crippen LogP contribution in [0.1, 0.15) is 20.8 Å². The fourth-order valence-electron chi connectivity index (χ4n) is 2.32. The van der Waals surface area contributed by atoms with Crippen molar-refractivity contribution in [2.45, 2.75) is 44.6 Å². The van der Waals surface area contributed by atoms with E-state index in [0.29, 0.717) is 0 Å². The lowest BCUT2D eigenvalue weighted by Gasteiger charge is -2.40. The van der Waals surface area contributed by atoms with Crippen LogP contribution in [0.25, 0.3) is 0 Å². The number of anilines is 2.